The third kappa shape index (κ3) is 0.866. The fraction of sp³-hybridized carbons (Fsp3) is 0. The Morgan fingerprint density at radius 2 is 2.71 bits per heavy atom. The van der Waals surface area contributed by atoms with Crippen molar-refractivity contribution in [2.24, 2.45) is 0 Å². The van der Waals surface area contributed by atoms with Crippen molar-refractivity contribution in [3.8, 4) is 0 Å². The first-order valence-corrected chi connectivity index (χ1v) is 2.47. The number of amides is 1. The van der Waals surface area contributed by atoms with E-state index < -0.39 is 0 Å². The summed E-state index contributed by atoms with van der Waals surface area (Å²) in [4.78, 5) is 9.70. The first-order chi connectivity index (χ1) is 3.43. The molecule has 1 heterocycles. The number of nitrogens with one attached hydrogen (secondary N) is 1. The van der Waals surface area contributed by atoms with Gasteiger partial charge in [0.25, 0.3) is 0 Å². The molecule has 1 radical (unpaired) electrons. The first kappa shape index (κ1) is 4.52. The van der Waals surface area contributed by atoms with Crippen molar-refractivity contribution >= 4 is 18.5 Å². The summed E-state index contributed by atoms with van der Waals surface area (Å²) in [5.74, 6) is 0. The summed E-state index contributed by atoms with van der Waals surface area (Å²) in [5, 5.41) is 0. The molecule has 1 rings (SSSR count). The van der Waals surface area contributed by atoms with Gasteiger partial charge in [-0.1, -0.05) is 0 Å². The average Bonchev–Trinajstić information content (AvgIpc) is 2.14. The maximum Gasteiger partial charge on any atom is 0.328 e. The Hall–Kier alpha value is -0.640. The molecule has 0 aromatic rings. The van der Waals surface area contributed by atoms with E-state index in [-0.39, 0.29) is 0 Å². The summed E-state index contributed by atoms with van der Waals surface area (Å²) < 4.78 is 4.03. The van der Waals surface area contributed by atoms with Crippen molar-refractivity contribution in [1.29, 1.82) is 0 Å². The zero-order valence-corrected chi connectivity index (χ0v) is 4.23. The van der Waals surface area contributed by atoms with Gasteiger partial charge in [0.05, 0.1) is 12.1 Å². The largest absolute Gasteiger partial charge is 0.328 e. The third-order valence-electron chi connectivity index (χ3n) is 0.519. The number of hydrogen-bond acceptors (Lipinski definition) is 3. The molecule has 37 valence electrons. The summed E-state index contributed by atoms with van der Waals surface area (Å²) in [5.41, 5.74) is 0. The van der Waals surface area contributed by atoms with Crippen LogP contribution in [0.1, 0.15) is 0 Å². The Bertz CT molecular complexity index is 103. The molecule has 1 aliphatic heterocycles. The Labute approximate surface area is 45.6 Å². The van der Waals surface area contributed by atoms with Gasteiger partial charge < -0.3 is 4.72 Å². The number of nitrogens with zero attached hydrogens (tertiary/aromatic N) is 1. The van der Waals surface area contributed by atoms with Crippen LogP contribution in [0.25, 0.3) is 0 Å². The molecule has 0 fully saturated rings. The smallest absolute Gasteiger partial charge is 0.317 e. The standard InChI is InChI=1S/C3H3N2OS/c6-3-5-2-1-4-7-5/h1-2,4H. The SMILES string of the molecule is O=[C]N1C=CNS1. The molecule has 0 spiro atoms. The van der Waals surface area contributed by atoms with E-state index in [4.69, 9.17) is 0 Å². The van der Waals surface area contributed by atoms with Crippen LogP contribution in [0.5, 0.6) is 0 Å². The monoisotopic (exact) mass is 115 g/mol. The van der Waals surface area contributed by atoms with Gasteiger partial charge in [-0.2, -0.15) is 0 Å². The van der Waals surface area contributed by atoms with Crippen LogP contribution >= 0.6 is 12.1 Å². The van der Waals surface area contributed by atoms with Gasteiger partial charge in [-0.3, -0.25) is 4.79 Å². The zero-order valence-electron chi connectivity index (χ0n) is 3.42. The molecular formula is C3H3N2OS. The second-order valence-corrected chi connectivity index (χ2v) is 1.75. The molecule has 1 amide bonds. The molecule has 7 heavy (non-hydrogen) atoms. The molecule has 0 atom stereocenters. The van der Waals surface area contributed by atoms with E-state index in [1.165, 1.54) is 16.4 Å². The number of rotatable bonds is 1. The molecule has 1 aliphatic rings. The van der Waals surface area contributed by atoms with E-state index in [1.807, 2.05) is 0 Å². The average molecular weight is 115 g/mol. The highest BCUT2D eigenvalue weighted by Gasteiger charge is 2.00. The van der Waals surface area contributed by atoms with E-state index in [0.717, 1.165) is 0 Å². The Morgan fingerprint density at radius 1 is 1.86 bits per heavy atom. The topological polar surface area (TPSA) is 32.3 Å². The Morgan fingerprint density at radius 3 is 3.00 bits per heavy atom. The van der Waals surface area contributed by atoms with Crippen molar-refractivity contribution in [1.82, 2.24) is 9.03 Å². The molecule has 0 aromatic heterocycles. The molecule has 0 aliphatic carbocycles. The van der Waals surface area contributed by atoms with Gasteiger partial charge in [-0.05, 0) is 0 Å². The molecule has 0 bridgehead atoms. The maximum absolute atomic E-state index is 9.70. The highest BCUT2D eigenvalue weighted by Crippen LogP contribution is 2.07. The molecular weight excluding hydrogens is 112 g/mol. The van der Waals surface area contributed by atoms with Gasteiger partial charge in [-0.25, -0.2) is 4.31 Å². The summed E-state index contributed by atoms with van der Waals surface area (Å²) in [6.07, 6.45) is 4.92. The van der Waals surface area contributed by atoms with Gasteiger partial charge in [0, 0.05) is 12.4 Å². The minimum atomic E-state index is 1.19. The normalized spacial score (nSPS) is 16.9. The molecule has 3 nitrogen and oxygen atoms in total. The summed E-state index contributed by atoms with van der Waals surface area (Å²) in [6.45, 7) is 0. The maximum atomic E-state index is 9.70. The van der Waals surface area contributed by atoms with Crippen molar-refractivity contribution in [2.75, 3.05) is 0 Å². The van der Waals surface area contributed by atoms with E-state index in [1.54, 1.807) is 18.8 Å². The summed E-state index contributed by atoms with van der Waals surface area (Å²) in [7, 11) is 0. The predicted molar refractivity (Wildman–Crippen MR) is 27.4 cm³/mol. The Balaban J connectivity index is 2.42. The van der Waals surface area contributed by atoms with Crippen LogP contribution in [0, 0.1) is 0 Å². The lowest BCUT2D eigenvalue weighted by molar-refractivity contribution is 0.532. The van der Waals surface area contributed by atoms with E-state index in [0.29, 0.717) is 0 Å². The Kier molecular flexibility index (Phi) is 1.21. The summed E-state index contributed by atoms with van der Waals surface area (Å²) >= 11 is 1.19. The van der Waals surface area contributed by atoms with E-state index in [9.17, 15) is 4.79 Å². The quantitative estimate of drug-likeness (QED) is 0.488. The fourth-order valence-corrected chi connectivity index (χ4v) is 0.659. The molecule has 0 aromatic carbocycles. The number of carbonyl (C=O) groups excluding carboxylic acids is 1. The van der Waals surface area contributed by atoms with E-state index >= 15 is 0 Å². The van der Waals surface area contributed by atoms with Crippen LogP contribution in [-0.4, -0.2) is 10.7 Å². The second kappa shape index (κ2) is 1.88. The zero-order chi connectivity index (χ0) is 5.11. The minimum Gasteiger partial charge on any atom is -0.317 e. The van der Waals surface area contributed by atoms with Crippen LogP contribution in [0.4, 0.5) is 0 Å². The number of hydrogen-bond donors (Lipinski definition) is 1. The molecule has 0 unspecified atom stereocenters. The fourth-order valence-electron chi connectivity index (χ4n) is 0.265. The highest BCUT2D eigenvalue weighted by atomic mass is 32.2. The minimum absolute atomic E-state index is 1.19. The van der Waals surface area contributed by atoms with Gasteiger partial charge in [0.1, 0.15) is 0 Å². The molecule has 1 N–H and O–H groups in total. The molecule has 0 saturated heterocycles. The van der Waals surface area contributed by atoms with Crippen LogP contribution < -0.4 is 4.72 Å². The molecule has 0 saturated carbocycles. The third-order valence-corrected chi connectivity index (χ3v) is 1.15. The molecule has 4 heteroatoms. The summed E-state index contributed by atoms with van der Waals surface area (Å²) in [6, 6.07) is 0. The van der Waals surface area contributed by atoms with Crippen molar-refractivity contribution < 1.29 is 4.79 Å². The van der Waals surface area contributed by atoms with Crippen molar-refractivity contribution in [2.45, 2.75) is 0 Å². The first-order valence-electron chi connectivity index (χ1n) is 1.69. The van der Waals surface area contributed by atoms with Gasteiger partial charge >= 0.3 is 6.41 Å². The van der Waals surface area contributed by atoms with Crippen LogP contribution in [-0.2, 0) is 4.79 Å². The van der Waals surface area contributed by atoms with Crippen LogP contribution in [0.15, 0.2) is 12.4 Å². The second-order valence-electron chi connectivity index (χ2n) is 0.942. The lowest BCUT2D eigenvalue weighted by Gasteiger charge is -1.95. The predicted octanol–water partition coefficient (Wildman–Crippen LogP) is -0.00680. The van der Waals surface area contributed by atoms with Gasteiger partial charge in [-0.15, -0.1) is 0 Å². The van der Waals surface area contributed by atoms with Gasteiger partial charge in [0.2, 0.25) is 0 Å². The van der Waals surface area contributed by atoms with Crippen molar-refractivity contribution in [3.63, 3.8) is 0 Å². The van der Waals surface area contributed by atoms with Crippen LogP contribution in [0.2, 0.25) is 0 Å². The van der Waals surface area contributed by atoms with Crippen LogP contribution in [0.3, 0.4) is 0 Å². The van der Waals surface area contributed by atoms with E-state index in [2.05, 4.69) is 4.72 Å². The van der Waals surface area contributed by atoms with Crippen molar-refractivity contribution in [3.05, 3.63) is 12.4 Å². The van der Waals surface area contributed by atoms with Gasteiger partial charge in [0.15, 0.2) is 0 Å². The highest BCUT2D eigenvalue weighted by molar-refractivity contribution is 7.95. The lowest BCUT2D eigenvalue weighted by atomic mass is 10.9. The lowest BCUT2D eigenvalue weighted by Crippen LogP contribution is -2.00.